The molecule has 0 fully saturated rings. The van der Waals surface area contributed by atoms with Gasteiger partial charge >= 0.3 is 41.7 Å². The van der Waals surface area contributed by atoms with Crippen LogP contribution in [0, 0.1) is 102 Å². The summed E-state index contributed by atoms with van der Waals surface area (Å²) in [5.41, 5.74) is 0. The molecule has 0 aromatic heterocycles. The van der Waals surface area contributed by atoms with Crippen molar-refractivity contribution in [1.82, 2.24) is 12.3 Å². The molecule has 0 radical (unpaired) electrons. The van der Waals surface area contributed by atoms with Gasteiger partial charge in [-0.05, 0) is 0 Å². The van der Waals surface area contributed by atoms with Gasteiger partial charge < -0.3 is 73.0 Å². The first kappa shape index (κ1) is 62.3. The van der Waals surface area contributed by atoms with Crippen molar-refractivity contribution in [3.8, 4) is 0 Å². The van der Waals surface area contributed by atoms with Crippen molar-refractivity contribution in [2.24, 2.45) is 32.0 Å². The third-order valence-corrected chi connectivity index (χ3v) is 0. The first-order valence-corrected chi connectivity index (χ1v) is 2.19. The minimum absolute atomic E-state index is 0. The molecule has 0 unspecified atom stereocenters. The van der Waals surface area contributed by atoms with E-state index >= 15 is 0 Å². The van der Waals surface area contributed by atoms with Crippen molar-refractivity contribution in [3.63, 3.8) is 0 Å². The smallest absolute Gasteiger partial charge is 0.444 e. The fourth-order valence-electron chi connectivity index (χ4n) is 0. The molecular weight excluding hydrogens is 444 g/mol. The SMILES string of the molecule is O=N[O-].O=N[O-].O=N[O-].O=N[O-].O=N[O-].O=N[O-].[Ce+4].[NH4+].[NH4+]. The van der Waals surface area contributed by atoms with Gasteiger partial charge in [0.1, 0.15) is 0 Å². The molecule has 0 saturated heterocycles. The number of nitrogens with zero attached hydrogens (tertiary/aromatic N) is 6. The van der Waals surface area contributed by atoms with E-state index in [-0.39, 0.29) is 54.0 Å². The van der Waals surface area contributed by atoms with Crippen LogP contribution in [-0.4, -0.2) is 0 Å². The summed E-state index contributed by atoms with van der Waals surface area (Å²) < 4.78 is 0. The average Bonchev–Trinajstić information content (AvgIpc) is 2.23. The number of hydrogen-bond acceptors (Lipinski definition) is 18. The molecule has 0 saturated carbocycles. The van der Waals surface area contributed by atoms with Crippen LogP contribution in [0.5, 0.6) is 0 Å². The summed E-state index contributed by atoms with van der Waals surface area (Å²) in [4.78, 5) is 48.0. The number of quaternary nitrogens is 2. The molecule has 20 nitrogen and oxygen atoms in total. The van der Waals surface area contributed by atoms with Gasteiger partial charge in [-0.1, -0.05) is 0 Å². The summed E-state index contributed by atoms with van der Waals surface area (Å²) in [7, 11) is 0. The fraction of sp³-hybridized carbons (Fsp3) is 0. The van der Waals surface area contributed by atoms with Crippen LogP contribution in [0.2, 0.25) is 0 Å². The van der Waals surface area contributed by atoms with E-state index in [4.69, 9.17) is 60.7 Å². The van der Waals surface area contributed by atoms with Crippen molar-refractivity contribution < 1.29 is 41.7 Å². The molecule has 8 N–H and O–H groups in total. The first-order valence-electron chi connectivity index (χ1n) is 2.19. The topological polar surface area (TPSA) is 388 Å². The Morgan fingerprint density at radius 1 is 0.381 bits per heavy atom. The summed E-state index contributed by atoms with van der Waals surface area (Å²) in [5.74, 6) is 0. The van der Waals surface area contributed by atoms with Crippen molar-refractivity contribution in [2.45, 2.75) is 0 Å². The van der Waals surface area contributed by atoms with E-state index in [2.05, 4.69) is 0 Å². The quantitative estimate of drug-likeness (QED) is 0.394. The molecule has 0 aromatic rings. The summed E-state index contributed by atoms with van der Waals surface area (Å²) in [6.45, 7) is 0. The molecule has 0 spiro atoms. The molecule has 0 amide bonds. The van der Waals surface area contributed by atoms with Gasteiger partial charge in [-0.3, -0.25) is 0 Å². The molecule has 21 heteroatoms. The summed E-state index contributed by atoms with van der Waals surface area (Å²) in [6, 6.07) is 0. The van der Waals surface area contributed by atoms with Gasteiger partial charge in [0.05, 0.1) is 0 Å². The van der Waals surface area contributed by atoms with Gasteiger partial charge in [0.2, 0.25) is 0 Å². The molecule has 0 heterocycles. The van der Waals surface area contributed by atoms with Crippen LogP contribution in [0.25, 0.3) is 0 Å². The Morgan fingerprint density at radius 2 is 0.381 bits per heavy atom. The molecule has 0 bridgehead atoms. The van der Waals surface area contributed by atoms with Crippen LogP contribution in [0.4, 0.5) is 0 Å². The first-order chi connectivity index (χ1) is 8.49. The molecule has 124 valence electrons. The predicted molar refractivity (Wildman–Crippen MR) is 66.9 cm³/mol. The van der Waals surface area contributed by atoms with E-state index in [1.54, 1.807) is 0 Å². The van der Waals surface area contributed by atoms with Crippen molar-refractivity contribution >= 4 is 0 Å². The second kappa shape index (κ2) is 361. The van der Waals surface area contributed by atoms with Gasteiger partial charge in [0, 0.05) is 0 Å². The van der Waals surface area contributed by atoms with Crippen LogP contribution < -0.4 is 12.3 Å². The van der Waals surface area contributed by atoms with Gasteiger partial charge in [0.25, 0.3) is 0 Å². The third-order valence-electron chi connectivity index (χ3n) is 0. The molecule has 0 aromatic carbocycles. The minimum atomic E-state index is 0. The van der Waals surface area contributed by atoms with E-state index in [0.717, 1.165) is 32.0 Å². The number of hydrogen-bond donors (Lipinski definition) is 2. The van der Waals surface area contributed by atoms with E-state index in [0.29, 0.717) is 0 Å². The number of rotatable bonds is 0. The molecule has 0 rings (SSSR count). The standard InChI is InChI=1S/Ce.6HNO2.2H3N/c;6*2-1-3;;/h;6*(H,2,3);2*1H3/q+4;;;;;;;;/p-4. The Hall–Kier alpha value is -2.30. The van der Waals surface area contributed by atoms with Gasteiger partial charge in [-0.2, -0.15) is 0 Å². The third kappa shape index (κ3) is 822. The van der Waals surface area contributed by atoms with Crippen LogP contribution in [0.3, 0.4) is 0 Å². The monoisotopic (exact) mass is 452 g/mol. The van der Waals surface area contributed by atoms with Crippen molar-refractivity contribution in [2.75, 3.05) is 0 Å². The van der Waals surface area contributed by atoms with Crippen molar-refractivity contribution in [1.29, 1.82) is 0 Å². The Kier molecular flexibility index (Phi) is 1070. The van der Waals surface area contributed by atoms with Crippen LogP contribution in [0.1, 0.15) is 0 Å². The average molecular weight is 452 g/mol. The molecule has 0 aliphatic carbocycles. The van der Waals surface area contributed by atoms with E-state index < -0.39 is 0 Å². The molecule has 21 heavy (non-hydrogen) atoms. The summed E-state index contributed by atoms with van der Waals surface area (Å²) in [6.07, 6.45) is 0. The predicted octanol–water partition coefficient (Wildman–Crippen LogP) is 2.26. The maximum Gasteiger partial charge on any atom is 4.00 e. The molecular formula is H8CeN8O12. The van der Waals surface area contributed by atoms with Crippen LogP contribution >= 0.6 is 0 Å². The van der Waals surface area contributed by atoms with E-state index in [1.807, 2.05) is 0 Å². The Labute approximate surface area is 146 Å². The molecule has 0 aliphatic rings. The summed E-state index contributed by atoms with van der Waals surface area (Å²) >= 11 is 0. The zero-order valence-corrected chi connectivity index (χ0v) is 13.2. The van der Waals surface area contributed by atoms with Gasteiger partial charge in [0.15, 0.2) is 0 Å². The normalized spacial score (nSPS) is 3.43. The van der Waals surface area contributed by atoms with Crippen LogP contribution in [-0.2, 0) is 0 Å². The van der Waals surface area contributed by atoms with Gasteiger partial charge in [-0.15, -0.1) is 32.0 Å². The van der Waals surface area contributed by atoms with Crippen molar-refractivity contribution in [3.05, 3.63) is 60.7 Å². The largest absolute Gasteiger partial charge is 4.00 e. The molecule has 0 aliphatic heterocycles. The second-order valence-corrected chi connectivity index (χ2v) is 0.447. The van der Waals surface area contributed by atoms with E-state index in [9.17, 15) is 0 Å². The second-order valence-electron chi connectivity index (χ2n) is 0.447. The molecule has 0 atom stereocenters. The minimum Gasteiger partial charge on any atom is -0.444 e. The zero-order valence-electron chi connectivity index (χ0n) is 10.1. The Bertz CT molecular complexity index is 117. The maximum absolute atomic E-state index is 8.00. The fourth-order valence-corrected chi connectivity index (χ4v) is 0. The van der Waals surface area contributed by atoms with E-state index in [1.165, 1.54) is 0 Å². The Balaban J connectivity index is -0.0000000114. The van der Waals surface area contributed by atoms with Gasteiger partial charge in [-0.25, -0.2) is 0 Å². The summed E-state index contributed by atoms with van der Waals surface area (Å²) in [5, 5.41) is 54.0. The zero-order chi connectivity index (χ0) is 16.2. The van der Waals surface area contributed by atoms with Crippen LogP contribution in [0.15, 0.2) is 32.0 Å². The Morgan fingerprint density at radius 3 is 0.381 bits per heavy atom. The maximum atomic E-state index is 8.00.